The number of ether oxygens (including phenoxy) is 2. The molecule has 0 aliphatic heterocycles. The van der Waals surface area contributed by atoms with Gasteiger partial charge in [0.15, 0.2) is 11.5 Å². The Morgan fingerprint density at radius 3 is 2.24 bits per heavy atom. The Kier molecular flexibility index (Phi) is 4.70. The zero-order chi connectivity index (χ0) is 13.1. The van der Waals surface area contributed by atoms with Crippen LogP contribution in [0.3, 0.4) is 0 Å². The highest BCUT2D eigenvalue weighted by Gasteiger charge is 2.23. The van der Waals surface area contributed by atoms with E-state index in [1.807, 2.05) is 19.1 Å². The fourth-order valence-corrected chi connectivity index (χ4v) is 2.46. The molecular weight excluding hydrogens is 236 g/mol. The van der Waals surface area contributed by atoms with Crippen molar-refractivity contribution in [1.29, 1.82) is 0 Å². The number of halogens is 1. The minimum Gasteiger partial charge on any atom is -0.493 e. The van der Waals surface area contributed by atoms with Crippen LogP contribution in [0.4, 0.5) is 0 Å². The average molecular weight is 257 g/mol. The third-order valence-corrected chi connectivity index (χ3v) is 3.11. The van der Waals surface area contributed by atoms with E-state index in [0.29, 0.717) is 0 Å². The first-order valence-corrected chi connectivity index (χ1v) is 6.21. The zero-order valence-electron chi connectivity index (χ0n) is 11.2. The van der Waals surface area contributed by atoms with E-state index < -0.39 is 0 Å². The predicted molar refractivity (Wildman–Crippen MR) is 72.5 cm³/mol. The van der Waals surface area contributed by atoms with E-state index in [0.717, 1.165) is 17.9 Å². The fourth-order valence-electron chi connectivity index (χ4n) is 2.08. The normalized spacial score (nSPS) is 13.3. The van der Waals surface area contributed by atoms with Gasteiger partial charge in [-0.3, -0.25) is 0 Å². The maximum absolute atomic E-state index is 6.09. The molecule has 1 aromatic rings. The Labute approximate surface area is 109 Å². The van der Waals surface area contributed by atoms with E-state index in [2.05, 4.69) is 19.9 Å². The molecule has 0 radical (unpaired) electrons. The Hall–Kier alpha value is -0.890. The molecule has 1 atom stereocenters. The van der Waals surface area contributed by atoms with Crippen LogP contribution in [0.25, 0.3) is 0 Å². The summed E-state index contributed by atoms with van der Waals surface area (Å²) in [5, 5.41) is 0.151. The lowest BCUT2D eigenvalue weighted by molar-refractivity contribution is 0.352. The van der Waals surface area contributed by atoms with Crippen molar-refractivity contribution in [2.75, 3.05) is 14.2 Å². The summed E-state index contributed by atoms with van der Waals surface area (Å²) in [5.74, 6) is 1.52. The van der Waals surface area contributed by atoms with Crippen molar-refractivity contribution >= 4 is 11.6 Å². The molecule has 0 bridgehead atoms. The van der Waals surface area contributed by atoms with Gasteiger partial charge in [0.25, 0.3) is 0 Å². The summed E-state index contributed by atoms with van der Waals surface area (Å²) in [4.78, 5) is 0. The molecule has 0 saturated carbocycles. The second-order valence-corrected chi connectivity index (χ2v) is 5.68. The molecule has 1 unspecified atom stereocenters. The fraction of sp³-hybridized carbons (Fsp3) is 0.571. The first-order chi connectivity index (χ1) is 7.90. The van der Waals surface area contributed by atoms with Crippen LogP contribution in [-0.4, -0.2) is 19.6 Å². The number of hydrogen-bond donors (Lipinski definition) is 0. The van der Waals surface area contributed by atoms with Crippen molar-refractivity contribution in [2.45, 2.75) is 38.0 Å². The minimum atomic E-state index is 0.0285. The van der Waals surface area contributed by atoms with Crippen LogP contribution in [-0.2, 0) is 5.41 Å². The average Bonchev–Trinajstić information content (AvgIpc) is 2.26. The third kappa shape index (κ3) is 3.53. The largest absolute Gasteiger partial charge is 0.493 e. The first kappa shape index (κ1) is 14.2. The lowest BCUT2D eigenvalue weighted by atomic mass is 9.80. The molecule has 0 amide bonds. The number of benzene rings is 1. The molecule has 1 aromatic carbocycles. The van der Waals surface area contributed by atoms with Crippen LogP contribution in [0.15, 0.2) is 18.2 Å². The van der Waals surface area contributed by atoms with Crippen molar-refractivity contribution in [3.05, 3.63) is 23.8 Å². The molecule has 96 valence electrons. The van der Waals surface area contributed by atoms with Gasteiger partial charge in [0.2, 0.25) is 0 Å². The second kappa shape index (κ2) is 5.63. The van der Waals surface area contributed by atoms with Crippen LogP contribution < -0.4 is 9.47 Å². The van der Waals surface area contributed by atoms with E-state index in [9.17, 15) is 0 Å². The molecule has 0 heterocycles. The lowest BCUT2D eigenvalue weighted by Crippen LogP contribution is -2.20. The summed E-state index contributed by atoms with van der Waals surface area (Å²) in [6, 6.07) is 6.04. The van der Waals surface area contributed by atoms with Crippen LogP contribution in [0.2, 0.25) is 0 Å². The molecular formula is C14H21ClO2. The van der Waals surface area contributed by atoms with Gasteiger partial charge in [0.05, 0.1) is 14.2 Å². The van der Waals surface area contributed by atoms with Gasteiger partial charge in [-0.15, -0.1) is 11.6 Å². The second-order valence-electron chi connectivity index (χ2n) is 4.94. The summed E-state index contributed by atoms with van der Waals surface area (Å²) < 4.78 is 10.6. The van der Waals surface area contributed by atoms with Crippen LogP contribution in [0.1, 0.15) is 32.8 Å². The van der Waals surface area contributed by atoms with E-state index in [-0.39, 0.29) is 10.8 Å². The topological polar surface area (TPSA) is 18.5 Å². The Morgan fingerprint density at radius 1 is 1.18 bits per heavy atom. The molecule has 0 aromatic heterocycles. The molecule has 1 rings (SSSR count). The van der Waals surface area contributed by atoms with Gasteiger partial charge >= 0.3 is 0 Å². The molecule has 0 spiro atoms. The highest BCUT2D eigenvalue weighted by Crippen LogP contribution is 2.36. The standard InChI is InChI=1S/C14H21ClO2/c1-10(15)9-14(2,3)11-6-7-12(16-4)13(8-11)17-5/h6-8,10H,9H2,1-5H3. The SMILES string of the molecule is COc1ccc(C(C)(C)CC(C)Cl)cc1OC. The molecule has 0 fully saturated rings. The van der Waals surface area contributed by atoms with Crippen molar-refractivity contribution in [3.8, 4) is 11.5 Å². The Bertz CT molecular complexity index is 372. The number of alkyl halides is 1. The minimum absolute atomic E-state index is 0.0285. The first-order valence-electron chi connectivity index (χ1n) is 5.77. The molecule has 0 saturated heterocycles. The van der Waals surface area contributed by atoms with Gasteiger partial charge in [-0.25, -0.2) is 0 Å². The maximum Gasteiger partial charge on any atom is 0.161 e. The predicted octanol–water partition coefficient (Wildman–Crippen LogP) is 4.00. The smallest absolute Gasteiger partial charge is 0.161 e. The van der Waals surface area contributed by atoms with Crippen LogP contribution >= 0.6 is 11.6 Å². The van der Waals surface area contributed by atoms with Gasteiger partial charge in [0.1, 0.15) is 0 Å². The van der Waals surface area contributed by atoms with Crippen molar-refractivity contribution < 1.29 is 9.47 Å². The number of rotatable bonds is 5. The number of methoxy groups -OCH3 is 2. The summed E-state index contributed by atoms with van der Waals surface area (Å²) in [7, 11) is 3.29. The quantitative estimate of drug-likeness (QED) is 0.742. The van der Waals surface area contributed by atoms with Crippen molar-refractivity contribution in [2.24, 2.45) is 0 Å². The van der Waals surface area contributed by atoms with Crippen molar-refractivity contribution in [3.63, 3.8) is 0 Å². The van der Waals surface area contributed by atoms with E-state index in [4.69, 9.17) is 21.1 Å². The molecule has 3 heteroatoms. The van der Waals surface area contributed by atoms with Crippen molar-refractivity contribution in [1.82, 2.24) is 0 Å². The summed E-state index contributed by atoms with van der Waals surface area (Å²) in [6.45, 7) is 6.39. The Morgan fingerprint density at radius 2 is 1.76 bits per heavy atom. The molecule has 0 aliphatic rings. The molecule has 0 aliphatic carbocycles. The summed E-state index contributed by atoms with van der Waals surface area (Å²) in [6.07, 6.45) is 0.921. The summed E-state index contributed by atoms with van der Waals surface area (Å²) >= 11 is 6.09. The molecule has 0 N–H and O–H groups in total. The lowest BCUT2D eigenvalue weighted by Gasteiger charge is -2.27. The maximum atomic E-state index is 6.09. The van der Waals surface area contributed by atoms with E-state index in [1.165, 1.54) is 5.56 Å². The van der Waals surface area contributed by atoms with Crippen LogP contribution in [0.5, 0.6) is 11.5 Å². The Balaban J connectivity index is 3.06. The third-order valence-electron chi connectivity index (χ3n) is 2.96. The van der Waals surface area contributed by atoms with Gasteiger partial charge in [0, 0.05) is 5.38 Å². The van der Waals surface area contributed by atoms with Gasteiger partial charge in [-0.2, -0.15) is 0 Å². The molecule has 17 heavy (non-hydrogen) atoms. The number of hydrogen-bond acceptors (Lipinski definition) is 2. The zero-order valence-corrected chi connectivity index (χ0v) is 12.0. The van der Waals surface area contributed by atoms with Gasteiger partial charge in [-0.05, 0) is 36.5 Å². The van der Waals surface area contributed by atoms with E-state index >= 15 is 0 Å². The van der Waals surface area contributed by atoms with Gasteiger partial charge in [-0.1, -0.05) is 19.9 Å². The van der Waals surface area contributed by atoms with E-state index in [1.54, 1.807) is 14.2 Å². The van der Waals surface area contributed by atoms with Gasteiger partial charge < -0.3 is 9.47 Å². The highest BCUT2D eigenvalue weighted by molar-refractivity contribution is 6.20. The monoisotopic (exact) mass is 256 g/mol. The molecule has 2 nitrogen and oxygen atoms in total. The summed E-state index contributed by atoms with van der Waals surface area (Å²) in [5.41, 5.74) is 1.24. The highest BCUT2D eigenvalue weighted by atomic mass is 35.5. The van der Waals surface area contributed by atoms with Crippen LogP contribution in [0, 0.1) is 0 Å².